The van der Waals surface area contributed by atoms with E-state index in [4.69, 9.17) is 5.26 Å². The van der Waals surface area contributed by atoms with E-state index in [0.717, 1.165) is 26.2 Å². The number of nitrogens with one attached hydrogen (secondary N) is 1. The van der Waals surface area contributed by atoms with Crippen LogP contribution in [0.1, 0.15) is 33.0 Å². The van der Waals surface area contributed by atoms with Gasteiger partial charge in [0.1, 0.15) is 11.8 Å². The number of nitrogens with zero attached hydrogens (tertiary/aromatic N) is 3. The predicted octanol–water partition coefficient (Wildman–Crippen LogP) is 4.74. The lowest BCUT2D eigenvalue weighted by atomic mass is 10.2. The Morgan fingerprint density at radius 2 is 2.00 bits per heavy atom. The third-order valence-corrected chi connectivity index (χ3v) is 5.73. The fourth-order valence-electron chi connectivity index (χ4n) is 2.31. The molecule has 0 saturated heterocycles. The zero-order valence-corrected chi connectivity index (χ0v) is 16.2. The molecule has 0 bridgehead atoms. The summed E-state index contributed by atoms with van der Waals surface area (Å²) >= 11 is 3.22. The van der Waals surface area contributed by atoms with Crippen molar-refractivity contribution in [1.82, 2.24) is 9.97 Å². The average molecular weight is 380 g/mol. The molecule has 130 valence electrons. The van der Waals surface area contributed by atoms with Crippen molar-refractivity contribution < 1.29 is 4.79 Å². The van der Waals surface area contributed by atoms with Gasteiger partial charge < -0.3 is 5.32 Å². The lowest BCUT2D eigenvalue weighted by Gasteiger charge is -2.10. The van der Waals surface area contributed by atoms with Gasteiger partial charge in [0.2, 0.25) is 0 Å². The van der Waals surface area contributed by atoms with Gasteiger partial charge in [0.15, 0.2) is 4.34 Å². The Bertz CT molecular complexity index is 1020. The second-order valence-corrected chi connectivity index (χ2v) is 7.91. The summed E-state index contributed by atoms with van der Waals surface area (Å²) in [6.07, 6.45) is 0. The predicted molar refractivity (Wildman–Crippen MR) is 104 cm³/mol. The molecule has 7 heteroatoms. The Labute approximate surface area is 160 Å². The van der Waals surface area contributed by atoms with Crippen molar-refractivity contribution in [1.29, 1.82) is 5.26 Å². The summed E-state index contributed by atoms with van der Waals surface area (Å²) in [4.78, 5) is 22.1. The molecule has 2 heterocycles. The van der Waals surface area contributed by atoms with Gasteiger partial charge >= 0.3 is 0 Å². The first kappa shape index (κ1) is 18.1. The van der Waals surface area contributed by atoms with Crippen molar-refractivity contribution >= 4 is 34.7 Å². The summed E-state index contributed by atoms with van der Waals surface area (Å²) in [5.41, 5.74) is 4.01. The SMILES string of the molecule is Cc1csc(Sc2ccc(NC(=O)c3ccc(C#N)c(C)n3)c(C)c2)n1. The number of aromatic nitrogens is 2. The van der Waals surface area contributed by atoms with Crippen molar-refractivity contribution in [3.05, 3.63) is 63.9 Å². The fraction of sp³-hybridized carbons (Fsp3) is 0.158. The number of benzene rings is 1. The van der Waals surface area contributed by atoms with Gasteiger partial charge in [-0.25, -0.2) is 9.97 Å². The fourth-order valence-corrected chi connectivity index (χ4v) is 4.22. The van der Waals surface area contributed by atoms with E-state index in [1.165, 1.54) is 0 Å². The Kier molecular flexibility index (Phi) is 5.35. The summed E-state index contributed by atoms with van der Waals surface area (Å²) < 4.78 is 0.996. The van der Waals surface area contributed by atoms with Crippen LogP contribution in [0.4, 0.5) is 5.69 Å². The van der Waals surface area contributed by atoms with Gasteiger partial charge in [0, 0.05) is 21.7 Å². The zero-order chi connectivity index (χ0) is 18.7. The molecule has 0 unspecified atom stereocenters. The highest BCUT2D eigenvalue weighted by Crippen LogP contribution is 2.32. The van der Waals surface area contributed by atoms with Crippen molar-refractivity contribution in [2.24, 2.45) is 0 Å². The number of amides is 1. The number of nitriles is 1. The molecule has 0 saturated carbocycles. The number of aryl methyl sites for hydroxylation is 3. The molecule has 0 aliphatic carbocycles. The van der Waals surface area contributed by atoms with Crippen LogP contribution in [-0.4, -0.2) is 15.9 Å². The van der Waals surface area contributed by atoms with E-state index in [9.17, 15) is 4.79 Å². The van der Waals surface area contributed by atoms with E-state index in [2.05, 4.69) is 15.3 Å². The molecule has 0 spiro atoms. The first-order valence-corrected chi connectivity index (χ1v) is 9.55. The number of carbonyl (C=O) groups is 1. The molecule has 26 heavy (non-hydrogen) atoms. The van der Waals surface area contributed by atoms with E-state index in [-0.39, 0.29) is 11.6 Å². The van der Waals surface area contributed by atoms with Crippen LogP contribution in [0.5, 0.6) is 0 Å². The molecule has 1 aromatic carbocycles. The van der Waals surface area contributed by atoms with E-state index >= 15 is 0 Å². The number of thiazole rings is 1. The smallest absolute Gasteiger partial charge is 0.274 e. The summed E-state index contributed by atoms with van der Waals surface area (Å²) in [6.45, 7) is 5.64. The first-order valence-electron chi connectivity index (χ1n) is 7.86. The van der Waals surface area contributed by atoms with Crippen LogP contribution in [0.25, 0.3) is 0 Å². The summed E-state index contributed by atoms with van der Waals surface area (Å²) in [6, 6.07) is 11.1. The van der Waals surface area contributed by atoms with Crippen LogP contribution in [0, 0.1) is 32.1 Å². The molecule has 3 aromatic rings. The minimum Gasteiger partial charge on any atom is -0.320 e. The molecular weight excluding hydrogens is 364 g/mol. The van der Waals surface area contributed by atoms with E-state index in [0.29, 0.717) is 11.3 Å². The van der Waals surface area contributed by atoms with E-state index in [1.54, 1.807) is 42.2 Å². The van der Waals surface area contributed by atoms with Crippen molar-refractivity contribution in [3.63, 3.8) is 0 Å². The Hall–Kier alpha value is -2.69. The average Bonchev–Trinajstić information content (AvgIpc) is 3.02. The summed E-state index contributed by atoms with van der Waals surface area (Å²) in [5, 5.41) is 13.9. The standard InChI is InChI=1S/C19H16N4OS2/c1-11-8-15(26-19-21-12(2)10-25-19)5-7-16(11)23-18(24)17-6-4-14(9-20)13(3)22-17/h4-8,10H,1-3H3,(H,23,24). The van der Waals surface area contributed by atoms with Crippen LogP contribution >= 0.6 is 23.1 Å². The van der Waals surface area contributed by atoms with Gasteiger partial charge in [-0.15, -0.1) is 11.3 Å². The number of rotatable bonds is 4. The maximum Gasteiger partial charge on any atom is 0.274 e. The summed E-state index contributed by atoms with van der Waals surface area (Å²) in [7, 11) is 0. The second-order valence-electron chi connectivity index (χ2n) is 5.73. The van der Waals surface area contributed by atoms with Gasteiger partial charge in [-0.3, -0.25) is 4.79 Å². The maximum absolute atomic E-state index is 12.4. The quantitative estimate of drug-likeness (QED) is 0.707. The molecule has 5 nitrogen and oxygen atoms in total. The van der Waals surface area contributed by atoms with Crippen LogP contribution in [0.3, 0.4) is 0 Å². The normalized spacial score (nSPS) is 10.4. The highest BCUT2D eigenvalue weighted by molar-refractivity contribution is 8.01. The minimum absolute atomic E-state index is 0.289. The molecule has 0 fully saturated rings. The number of anilines is 1. The molecular formula is C19H16N4OS2. The van der Waals surface area contributed by atoms with Crippen molar-refractivity contribution in [2.45, 2.75) is 30.0 Å². The molecule has 1 N–H and O–H groups in total. The minimum atomic E-state index is -0.295. The molecule has 0 atom stereocenters. The Balaban J connectivity index is 1.74. The zero-order valence-electron chi connectivity index (χ0n) is 14.5. The number of hydrogen-bond donors (Lipinski definition) is 1. The van der Waals surface area contributed by atoms with Gasteiger partial charge in [-0.2, -0.15) is 5.26 Å². The lowest BCUT2D eigenvalue weighted by Crippen LogP contribution is -2.15. The van der Waals surface area contributed by atoms with Gasteiger partial charge in [0.05, 0.1) is 11.3 Å². The van der Waals surface area contributed by atoms with E-state index < -0.39 is 0 Å². The van der Waals surface area contributed by atoms with Gasteiger partial charge in [0.25, 0.3) is 5.91 Å². The highest BCUT2D eigenvalue weighted by atomic mass is 32.2. The number of pyridine rings is 1. The molecule has 1 amide bonds. The molecule has 2 aromatic heterocycles. The van der Waals surface area contributed by atoms with Crippen LogP contribution in [0.2, 0.25) is 0 Å². The molecule has 3 rings (SSSR count). The number of carbonyl (C=O) groups excluding carboxylic acids is 1. The van der Waals surface area contributed by atoms with Gasteiger partial charge in [-0.05, 0) is 56.7 Å². The van der Waals surface area contributed by atoms with E-state index in [1.807, 2.05) is 43.5 Å². The third-order valence-electron chi connectivity index (χ3n) is 3.69. The van der Waals surface area contributed by atoms with Crippen molar-refractivity contribution in [3.8, 4) is 6.07 Å². The largest absolute Gasteiger partial charge is 0.320 e. The maximum atomic E-state index is 12.4. The van der Waals surface area contributed by atoms with Crippen LogP contribution < -0.4 is 5.32 Å². The van der Waals surface area contributed by atoms with Gasteiger partial charge in [-0.1, -0.05) is 11.8 Å². The summed E-state index contributed by atoms with van der Waals surface area (Å²) in [5.74, 6) is -0.295. The monoisotopic (exact) mass is 380 g/mol. The molecule has 0 radical (unpaired) electrons. The van der Waals surface area contributed by atoms with Crippen LogP contribution in [0.15, 0.2) is 44.9 Å². The number of hydrogen-bond acceptors (Lipinski definition) is 6. The topological polar surface area (TPSA) is 78.7 Å². The van der Waals surface area contributed by atoms with Crippen molar-refractivity contribution in [2.75, 3.05) is 5.32 Å². The lowest BCUT2D eigenvalue weighted by molar-refractivity contribution is 0.102. The molecule has 0 aliphatic heterocycles. The molecule has 0 aliphatic rings. The Morgan fingerprint density at radius 1 is 1.19 bits per heavy atom. The first-order chi connectivity index (χ1) is 12.5. The highest BCUT2D eigenvalue weighted by Gasteiger charge is 2.12. The Morgan fingerprint density at radius 3 is 2.62 bits per heavy atom. The van der Waals surface area contributed by atoms with Crippen LogP contribution in [-0.2, 0) is 0 Å². The third kappa shape index (κ3) is 4.10. The second kappa shape index (κ2) is 7.68.